The lowest BCUT2D eigenvalue weighted by atomic mass is 10.1. The number of halogens is 3. The van der Waals surface area contributed by atoms with Gasteiger partial charge in [-0.25, -0.2) is 13.2 Å². The number of ether oxygens (including phenoxy) is 1. The lowest BCUT2D eigenvalue weighted by Gasteiger charge is -2.53. The molecule has 2 aliphatic heterocycles. The summed E-state index contributed by atoms with van der Waals surface area (Å²) in [5.74, 6) is -5.09. The fourth-order valence-corrected chi connectivity index (χ4v) is 6.12. The van der Waals surface area contributed by atoms with E-state index in [9.17, 15) is 45.6 Å². The Morgan fingerprint density at radius 1 is 1.29 bits per heavy atom. The molecule has 170 valence electrons. The molecule has 2 heterocycles. The lowest BCUT2D eigenvalue weighted by molar-refractivity contribution is -0.170. The minimum atomic E-state index is -6.19. The third kappa shape index (κ3) is 4.15. The van der Waals surface area contributed by atoms with Gasteiger partial charge in [0.25, 0.3) is 11.8 Å². The Kier molecular flexibility index (Phi) is 6.09. The number of alkyl halides is 3. The van der Waals surface area contributed by atoms with Crippen molar-refractivity contribution >= 4 is 39.0 Å². The fraction of sp³-hybridized carbons (Fsp3) is 0.400. The van der Waals surface area contributed by atoms with E-state index in [1.54, 1.807) is 30.3 Å². The van der Waals surface area contributed by atoms with Crippen molar-refractivity contribution in [3.8, 4) is 5.75 Å². The molecular formula is C15H14F3N3O8S2. The minimum absolute atomic E-state index is 0.244. The Morgan fingerprint density at radius 2 is 1.90 bits per heavy atom. The van der Waals surface area contributed by atoms with Crippen LogP contribution in [0.1, 0.15) is 0 Å². The molecule has 3 rings (SSSR count). The quantitative estimate of drug-likeness (QED) is 0.384. The number of para-hydroxylation sites is 1. The van der Waals surface area contributed by atoms with Crippen LogP contribution >= 0.6 is 0 Å². The molecule has 4 atom stereocenters. The van der Waals surface area contributed by atoms with Crippen molar-refractivity contribution in [1.29, 1.82) is 0 Å². The topological polar surface area (TPSA) is 156 Å². The largest absolute Gasteiger partial charge is 0.614 e. The lowest BCUT2D eigenvalue weighted by Crippen LogP contribution is -2.82. The number of aliphatic carboxylic acids is 1. The zero-order valence-electron chi connectivity index (χ0n) is 15.2. The highest BCUT2D eigenvalue weighted by Crippen LogP contribution is 2.39. The first-order valence-electron chi connectivity index (χ1n) is 8.33. The number of sulfonamides is 1. The van der Waals surface area contributed by atoms with Crippen LogP contribution in [0.15, 0.2) is 30.3 Å². The molecule has 31 heavy (non-hydrogen) atoms. The smallest absolute Gasteiger partial charge is 0.511 e. The molecule has 2 fully saturated rings. The van der Waals surface area contributed by atoms with Gasteiger partial charge in [0.1, 0.15) is 5.75 Å². The van der Waals surface area contributed by atoms with Gasteiger partial charge in [0, 0.05) is 0 Å². The molecule has 0 spiro atoms. The summed E-state index contributed by atoms with van der Waals surface area (Å²) < 4.78 is 79.1. The number of benzene rings is 1. The Morgan fingerprint density at radius 3 is 2.45 bits per heavy atom. The Labute approximate surface area is 176 Å². The normalized spacial score (nSPS) is 26.6. The summed E-state index contributed by atoms with van der Waals surface area (Å²) in [6.45, 7) is -0.552. The van der Waals surface area contributed by atoms with Crippen LogP contribution in [-0.2, 0) is 35.6 Å². The van der Waals surface area contributed by atoms with Gasteiger partial charge in [0.15, 0.2) is 18.5 Å². The molecule has 0 radical (unpaired) electrons. The van der Waals surface area contributed by atoms with Crippen LogP contribution in [-0.4, -0.2) is 80.6 Å². The molecule has 0 saturated carbocycles. The monoisotopic (exact) mass is 485 g/mol. The first-order chi connectivity index (χ1) is 14.4. The third-order valence-electron chi connectivity index (χ3n) is 4.39. The van der Waals surface area contributed by atoms with Gasteiger partial charge in [-0.3, -0.25) is 14.5 Å². The Bertz CT molecular complexity index is 991. The molecule has 16 heteroatoms. The maximum Gasteiger partial charge on any atom is 0.511 e. The average molecular weight is 485 g/mol. The molecule has 1 aromatic carbocycles. The summed E-state index contributed by atoms with van der Waals surface area (Å²) >= 11 is -2.45. The molecule has 2 saturated heterocycles. The maximum absolute atomic E-state index is 12.9. The number of nitrogens with one attached hydrogen (secondary N) is 1. The summed E-state index contributed by atoms with van der Waals surface area (Å²) in [7, 11) is -6.19. The van der Waals surface area contributed by atoms with Crippen molar-refractivity contribution in [3.63, 3.8) is 0 Å². The van der Waals surface area contributed by atoms with Gasteiger partial charge in [-0.05, 0) is 23.3 Å². The minimum Gasteiger partial charge on any atom is -0.614 e. The molecule has 1 aromatic rings. The van der Waals surface area contributed by atoms with E-state index in [4.69, 9.17) is 4.74 Å². The van der Waals surface area contributed by atoms with E-state index < -0.39 is 78.9 Å². The van der Waals surface area contributed by atoms with E-state index in [2.05, 4.69) is 5.32 Å². The predicted molar refractivity (Wildman–Crippen MR) is 95.7 cm³/mol. The summed E-state index contributed by atoms with van der Waals surface area (Å²) in [6.07, 6.45) is -2.56. The zero-order valence-corrected chi connectivity index (χ0v) is 16.8. The standard InChI is InChI=1S/C15H14F3N3O8S2/c16-15(17,18)31(27,28)20-7-30(26)13-10(12(23)21(13)11(20)14(24)25)19-9(22)6-29-8-4-2-1-3-5-8/h1-5,10-11,13H,6-7H2,(H,19,22)(H,24,25). The van der Waals surface area contributed by atoms with Crippen molar-refractivity contribution in [2.24, 2.45) is 0 Å². The van der Waals surface area contributed by atoms with Gasteiger partial charge in [-0.15, -0.1) is 4.31 Å². The van der Waals surface area contributed by atoms with Gasteiger partial charge in [0.05, 0.1) is 0 Å². The molecule has 0 aliphatic carbocycles. The highest BCUT2D eigenvalue weighted by atomic mass is 32.2. The van der Waals surface area contributed by atoms with Gasteiger partial charge in [-0.2, -0.15) is 13.2 Å². The van der Waals surface area contributed by atoms with E-state index in [-0.39, 0.29) is 4.90 Å². The predicted octanol–water partition coefficient (Wildman–Crippen LogP) is -0.999. The number of fused-ring (bicyclic) bond motifs is 1. The van der Waals surface area contributed by atoms with Crippen LogP contribution in [0.5, 0.6) is 5.75 Å². The van der Waals surface area contributed by atoms with Crippen molar-refractivity contribution in [1.82, 2.24) is 14.5 Å². The number of carbonyl (C=O) groups is 3. The van der Waals surface area contributed by atoms with E-state index in [0.717, 1.165) is 0 Å². The Hall–Kier alpha value is -2.56. The first kappa shape index (κ1) is 23.1. The second-order valence-electron chi connectivity index (χ2n) is 6.34. The molecule has 4 unspecified atom stereocenters. The van der Waals surface area contributed by atoms with E-state index >= 15 is 0 Å². The number of carboxylic acids is 1. The fourth-order valence-electron chi connectivity index (χ4n) is 3.03. The third-order valence-corrected chi connectivity index (χ3v) is 7.66. The summed E-state index contributed by atoms with van der Waals surface area (Å²) in [4.78, 5) is 36.1. The number of amides is 2. The average Bonchev–Trinajstić information content (AvgIpc) is 2.69. The summed E-state index contributed by atoms with van der Waals surface area (Å²) in [6, 6.07) is 6.57. The van der Waals surface area contributed by atoms with Crippen molar-refractivity contribution in [3.05, 3.63) is 30.3 Å². The van der Waals surface area contributed by atoms with Crippen LogP contribution in [0.3, 0.4) is 0 Å². The number of rotatable bonds is 6. The van der Waals surface area contributed by atoms with Crippen LogP contribution in [0.2, 0.25) is 0 Å². The maximum atomic E-state index is 12.9. The SMILES string of the molecule is O=C(COc1ccccc1)NC1C(=O)N2C(C(=O)O)N(S(=O)(=O)C(F)(F)F)C[S+]([O-])C12. The Balaban J connectivity index is 1.74. The molecule has 2 N–H and O–H groups in total. The van der Waals surface area contributed by atoms with Crippen molar-refractivity contribution in [2.75, 3.05) is 12.5 Å². The van der Waals surface area contributed by atoms with Gasteiger partial charge < -0.3 is 19.7 Å². The van der Waals surface area contributed by atoms with Crippen LogP contribution < -0.4 is 10.1 Å². The number of carbonyl (C=O) groups excluding carboxylic acids is 2. The van der Waals surface area contributed by atoms with E-state index in [0.29, 0.717) is 5.75 Å². The van der Waals surface area contributed by atoms with Crippen LogP contribution in [0, 0.1) is 0 Å². The number of carboxylic acid groups (broad SMARTS) is 1. The summed E-state index contributed by atoms with van der Waals surface area (Å²) in [5, 5.41) is 9.93. The first-order valence-corrected chi connectivity index (χ1v) is 11.2. The van der Waals surface area contributed by atoms with Crippen LogP contribution in [0.4, 0.5) is 13.2 Å². The van der Waals surface area contributed by atoms with Crippen molar-refractivity contribution in [2.45, 2.75) is 23.1 Å². The number of β-lactam (4-membered cyclic amide) rings is 1. The molecule has 2 aliphatic rings. The molecule has 2 amide bonds. The van der Waals surface area contributed by atoms with E-state index in [1.807, 2.05) is 0 Å². The van der Waals surface area contributed by atoms with Gasteiger partial charge in [0.2, 0.25) is 11.5 Å². The molecule has 11 nitrogen and oxygen atoms in total. The number of nitrogens with zero attached hydrogens (tertiary/aromatic N) is 2. The van der Waals surface area contributed by atoms with E-state index in [1.165, 1.54) is 0 Å². The molecular weight excluding hydrogens is 471 g/mol. The highest BCUT2D eigenvalue weighted by molar-refractivity contribution is 7.94. The second kappa shape index (κ2) is 8.18. The van der Waals surface area contributed by atoms with Gasteiger partial charge in [-0.1, -0.05) is 18.2 Å². The van der Waals surface area contributed by atoms with Crippen molar-refractivity contribution < 1.29 is 50.4 Å². The summed E-state index contributed by atoms with van der Waals surface area (Å²) in [5.41, 5.74) is -5.87. The highest BCUT2D eigenvalue weighted by Gasteiger charge is 2.68. The number of hydrogen-bond donors (Lipinski definition) is 2. The number of hydrogen-bond acceptors (Lipinski definition) is 7. The molecule has 0 bridgehead atoms. The van der Waals surface area contributed by atoms with Gasteiger partial charge >= 0.3 is 21.5 Å². The second-order valence-corrected chi connectivity index (χ2v) is 9.73. The molecule has 0 aromatic heterocycles. The van der Waals surface area contributed by atoms with Crippen LogP contribution in [0.25, 0.3) is 0 Å². The zero-order chi connectivity index (χ0) is 23.1.